The first-order valence-corrected chi connectivity index (χ1v) is 19.3. The molecule has 2 aliphatic heterocycles. The maximum absolute atomic E-state index is 14.6. The Labute approximate surface area is 283 Å². The van der Waals surface area contributed by atoms with Crippen LogP contribution in [0, 0.1) is 5.41 Å². The number of methoxy groups -OCH3 is 1. The van der Waals surface area contributed by atoms with Gasteiger partial charge >= 0.3 is 10.2 Å². The van der Waals surface area contributed by atoms with Crippen LogP contribution in [0.15, 0.2) is 42.5 Å². The molecule has 11 heteroatoms. The Kier molecular flexibility index (Phi) is 8.07. The molecule has 2 N–H and O–H groups in total. The third-order valence-electron chi connectivity index (χ3n) is 11.5. The monoisotopic (exact) mass is 673 g/mol. The zero-order valence-electron chi connectivity index (χ0n) is 28.0. The lowest BCUT2D eigenvalue weighted by atomic mass is 9.81. The molecule has 256 valence electrons. The molecule has 1 aromatic heterocycles. The molecular weight excluding hydrogens is 627 g/mol. The third-order valence-corrected chi connectivity index (χ3v) is 12.6. The number of carbonyl (C=O) groups excluding carboxylic acids is 2. The number of carbonyl (C=O) groups is 2. The number of aromatic nitrogens is 1. The highest BCUT2D eigenvalue weighted by Crippen LogP contribution is 2.53. The van der Waals surface area contributed by atoms with Gasteiger partial charge in [0.25, 0.3) is 5.91 Å². The third kappa shape index (κ3) is 5.92. The smallest absolute Gasteiger partial charge is 0.301 e. The van der Waals surface area contributed by atoms with Crippen LogP contribution in [0.5, 0.6) is 5.75 Å². The van der Waals surface area contributed by atoms with Crippen LogP contribution in [0.3, 0.4) is 0 Å². The molecule has 5 fully saturated rings. The molecule has 3 aliphatic carbocycles. The van der Waals surface area contributed by atoms with E-state index in [4.69, 9.17) is 4.74 Å². The van der Waals surface area contributed by atoms with Crippen LogP contribution in [-0.4, -0.2) is 80.0 Å². The van der Waals surface area contributed by atoms with Crippen molar-refractivity contribution in [1.29, 1.82) is 0 Å². The van der Waals surface area contributed by atoms with Crippen LogP contribution in [0.25, 0.3) is 22.2 Å². The van der Waals surface area contributed by atoms with Crippen LogP contribution in [0.2, 0.25) is 0 Å². The fraction of sp³-hybridized carbons (Fsp3) is 0.568. The fourth-order valence-electron chi connectivity index (χ4n) is 8.79. The summed E-state index contributed by atoms with van der Waals surface area (Å²) in [6.45, 7) is 2.37. The zero-order valence-corrected chi connectivity index (χ0v) is 28.9. The first-order chi connectivity index (χ1) is 23.1. The van der Waals surface area contributed by atoms with Crippen LogP contribution >= 0.6 is 0 Å². The van der Waals surface area contributed by atoms with Gasteiger partial charge in [-0.15, -0.1) is 0 Å². The van der Waals surface area contributed by atoms with E-state index in [-0.39, 0.29) is 29.6 Å². The average molecular weight is 674 g/mol. The molecule has 48 heavy (non-hydrogen) atoms. The highest BCUT2D eigenvalue weighted by Gasteiger charge is 2.56. The van der Waals surface area contributed by atoms with E-state index in [1.165, 1.54) is 24.8 Å². The van der Waals surface area contributed by atoms with Gasteiger partial charge in [0.2, 0.25) is 5.91 Å². The number of hydrogen-bond acceptors (Lipinski definition) is 6. The Hall–Kier alpha value is -3.41. The molecule has 2 unspecified atom stereocenters. The molecule has 2 atom stereocenters. The van der Waals surface area contributed by atoms with E-state index in [0.29, 0.717) is 12.5 Å². The number of likely N-dealkylation sites (N-methyl/N-ethyl adjacent to an activating group) is 1. The molecule has 2 saturated heterocycles. The van der Waals surface area contributed by atoms with Gasteiger partial charge in [-0.3, -0.25) is 9.59 Å². The largest absolute Gasteiger partial charge is 0.497 e. The summed E-state index contributed by atoms with van der Waals surface area (Å²) < 4.78 is 38.0. The molecule has 3 saturated carbocycles. The van der Waals surface area contributed by atoms with Crippen molar-refractivity contribution in [3.05, 3.63) is 53.6 Å². The predicted molar refractivity (Wildman–Crippen MR) is 185 cm³/mol. The van der Waals surface area contributed by atoms with E-state index in [1.54, 1.807) is 13.2 Å². The SMILES string of the molecule is COc1ccc(-c2c(C3CCCCC3)c3ccc(C(=O)NS(=O)(=O)NC4CC4)cc3n2CC2(C(=O)N3C4CCC3CN(C)C4)CC2)cc1. The van der Waals surface area contributed by atoms with Crippen LogP contribution in [0.1, 0.15) is 92.5 Å². The number of nitrogens with zero attached hydrogens (tertiary/aromatic N) is 3. The number of fused-ring (bicyclic) bond motifs is 3. The van der Waals surface area contributed by atoms with Gasteiger partial charge < -0.3 is 19.1 Å². The van der Waals surface area contributed by atoms with Gasteiger partial charge in [-0.1, -0.05) is 25.3 Å². The first-order valence-electron chi connectivity index (χ1n) is 17.8. The average Bonchev–Trinajstić information content (AvgIpc) is 4.00. The predicted octanol–water partition coefficient (Wildman–Crippen LogP) is 5.18. The molecule has 0 radical (unpaired) electrons. The highest BCUT2D eigenvalue weighted by atomic mass is 32.2. The highest BCUT2D eigenvalue weighted by molar-refractivity contribution is 7.88. The summed E-state index contributed by atoms with van der Waals surface area (Å²) in [7, 11) is -0.151. The van der Waals surface area contributed by atoms with E-state index in [9.17, 15) is 18.0 Å². The number of ether oxygens (including phenoxy) is 1. The van der Waals surface area contributed by atoms with Gasteiger partial charge in [0, 0.05) is 54.2 Å². The Morgan fingerprint density at radius 3 is 2.23 bits per heavy atom. The summed E-state index contributed by atoms with van der Waals surface area (Å²) in [5.41, 5.74) is 4.09. The minimum absolute atomic E-state index is 0.108. The van der Waals surface area contributed by atoms with Gasteiger partial charge in [0.1, 0.15) is 5.75 Å². The van der Waals surface area contributed by atoms with Crippen molar-refractivity contribution < 1.29 is 22.7 Å². The number of benzene rings is 2. The van der Waals surface area contributed by atoms with Crippen LogP contribution < -0.4 is 14.2 Å². The Morgan fingerprint density at radius 2 is 1.60 bits per heavy atom. The minimum atomic E-state index is -3.97. The molecular formula is C37H47N5O5S. The molecule has 0 spiro atoms. The summed E-state index contributed by atoms with van der Waals surface area (Å²) in [6.07, 6.45) is 11.1. The normalized spacial score (nSPS) is 24.2. The van der Waals surface area contributed by atoms with Gasteiger partial charge in [0.05, 0.1) is 18.2 Å². The van der Waals surface area contributed by atoms with Crippen LogP contribution in [0.4, 0.5) is 0 Å². The topological polar surface area (TPSA) is 113 Å². The summed E-state index contributed by atoms with van der Waals surface area (Å²) in [5, 5.41) is 1.08. The Bertz CT molecular complexity index is 1830. The van der Waals surface area contributed by atoms with Crippen molar-refractivity contribution in [1.82, 2.24) is 23.8 Å². The van der Waals surface area contributed by atoms with Gasteiger partial charge in [0.15, 0.2) is 0 Å². The molecule has 2 amide bonds. The summed E-state index contributed by atoms with van der Waals surface area (Å²) in [4.78, 5) is 32.6. The van der Waals surface area contributed by atoms with E-state index < -0.39 is 21.5 Å². The quantitative estimate of drug-likeness (QED) is 0.307. The Balaban J connectivity index is 1.25. The molecule has 5 aliphatic rings. The maximum atomic E-state index is 14.6. The Morgan fingerprint density at radius 1 is 0.917 bits per heavy atom. The number of likely N-dealkylation sites (tertiary alicyclic amines) is 1. The van der Waals surface area contributed by atoms with Crippen molar-refractivity contribution in [2.45, 2.75) is 101 Å². The number of nitrogens with one attached hydrogen (secondary N) is 2. The second-order valence-electron chi connectivity index (χ2n) is 15.1. The van der Waals surface area contributed by atoms with Crippen molar-refractivity contribution in [3.63, 3.8) is 0 Å². The lowest BCUT2D eigenvalue weighted by Crippen LogP contribution is -2.56. The first kappa shape index (κ1) is 31.8. The van der Waals surface area contributed by atoms with Crippen molar-refractivity contribution in [2.24, 2.45) is 5.41 Å². The molecule has 2 aromatic carbocycles. The van der Waals surface area contributed by atoms with E-state index in [1.807, 2.05) is 24.3 Å². The lowest BCUT2D eigenvalue weighted by molar-refractivity contribution is -0.143. The number of hydrogen-bond donors (Lipinski definition) is 2. The number of amides is 2. The number of rotatable bonds is 10. The second kappa shape index (κ2) is 12.2. The summed E-state index contributed by atoms with van der Waals surface area (Å²) in [6, 6.07) is 14.2. The second-order valence-corrected chi connectivity index (χ2v) is 16.5. The van der Waals surface area contributed by atoms with Crippen molar-refractivity contribution in [3.8, 4) is 17.0 Å². The van der Waals surface area contributed by atoms with Crippen LogP contribution in [-0.2, 0) is 21.5 Å². The summed E-state index contributed by atoms with van der Waals surface area (Å²) in [5.74, 6) is 0.743. The molecule has 10 nitrogen and oxygen atoms in total. The summed E-state index contributed by atoms with van der Waals surface area (Å²) >= 11 is 0. The standard InChI is InChI=1S/C37H47N5O5S/c1-40-21-28-13-14-29(22-40)42(28)36(44)37(18-19-37)23-41-32-20-26(35(43)39-48(45,46)38-27-11-12-27)10-17-31(32)33(24-6-4-3-5-7-24)34(41)25-8-15-30(47-2)16-9-25/h8-10,15-17,20,24,27-29,38H,3-7,11-14,18-19,21-23H2,1-2H3,(H,39,43). The van der Waals surface area contributed by atoms with Gasteiger partial charge in [-0.05, 0) is 112 Å². The van der Waals surface area contributed by atoms with Crippen molar-refractivity contribution in [2.75, 3.05) is 27.2 Å². The number of piperazine rings is 1. The maximum Gasteiger partial charge on any atom is 0.301 e. The van der Waals surface area contributed by atoms with Gasteiger partial charge in [-0.2, -0.15) is 13.1 Å². The molecule has 2 bridgehead atoms. The van der Waals surface area contributed by atoms with E-state index in [2.05, 4.69) is 43.0 Å². The van der Waals surface area contributed by atoms with E-state index >= 15 is 0 Å². The fourth-order valence-corrected chi connectivity index (χ4v) is 9.89. The van der Waals surface area contributed by atoms with E-state index in [0.717, 1.165) is 92.4 Å². The lowest BCUT2D eigenvalue weighted by Gasteiger charge is -2.41. The van der Waals surface area contributed by atoms with Crippen molar-refractivity contribution >= 4 is 32.9 Å². The molecule has 3 heterocycles. The molecule has 3 aromatic rings. The van der Waals surface area contributed by atoms with Gasteiger partial charge in [-0.25, -0.2) is 4.72 Å². The zero-order chi connectivity index (χ0) is 33.2. The molecule has 8 rings (SSSR count). The minimum Gasteiger partial charge on any atom is -0.497 e.